The summed E-state index contributed by atoms with van der Waals surface area (Å²) in [6, 6.07) is 6.34. The van der Waals surface area contributed by atoms with Gasteiger partial charge in [-0.3, -0.25) is 0 Å². The van der Waals surface area contributed by atoms with Gasteiger partial charge in [-0.2, -0.15) is 0 Å². The molecule has 1 rings (SSSR count). The number of aliphatic hydroxyl groups excluding tert-OH is 2. The zero-order chi connectivity index (χ0) is 13.5. The van der Waals surface area contributed by atoms with Crippen LogP contribution in [0.15, 0.2) is 18.2 Å². The van der Waals surface area contributed by atoms with E-state index in [1.807, 2.05) is 19.1 Å². The molecule has 0 aliphatic carbocycles. The lowest BCUT2D eigenvalue weighted by Crippen LogP contribution is -2.24. The zero-order valence-electron chi connectivity index (χ0n) is 11.3. The number of hydrogen-bond donors (Lipinski definition) is 3. The van der Waals surface area contributed by atoms with Gasteiger partial charge in [0.15, 0.2) is 0 Å². The monoisotopic (exact) mass is 253 g/mol. The SMILES string of the molecule is Cc1ccc(OCC(O)CO)c(CNC(C)C)c1. The Morgan fingerprint density at radius 1 is 1.33 bits per heavy atom. The maximum absolute atomic E-state index is 9.29. The van der Waals surface area contributed by atoms with Crippen LogP contribution in [0.2, 0.25) is 0 Å². The van der Waals surface area contributed by atoms with Crippen LogP contribution in [0.3, 0.4) is 0 Å². The lowest BCUT2D eigenvalue weighted by atomic mass is 10.1. The molecule has 0 fully saturated rings. The number of benzene rings is 1. The Bertz CT molecular complexity index is 366. The Morgan fingerprint density at radius 2 is 2.06 bits per heavy atom. The largest absolute Gasteiger partial charge is 0.490 e. The molecule has 3 N–H and O–H groups in total. The maximum Gasteiger partial charge on any atom is 0.123 e. The minimum atomic E-state index is -0.836. The van der Waals surface area contributed by atoms with Gasteiger partial charge in [-0.05, 0) is 13.0 Å². The average Bonchev–Trinajstić information content (AvgIpc) is 2.34. The van der Waals surface area contributed by atoms with Gasteiger partial charge in [0.1, 0.15) is 18.5 Å². The molecule has 0 aliphatic rings. The summed E-state index contributed by atoms with van der Waals surface area (Å²) < 4.78 is 5.53. The van der Waals surface area contributed by atoms with Crippen molar-refractivity contribution in [3.05, 3.63) is 29.3 Å². The van der Waals surface area contributed by atoms with Crippen LogP contribution in [0.1, 0.15) is 25.0 Å². The number of hydrogen-bond acceptors (Lipinski definition) is 4. The van der Waals surface area contributed by atoms with E-state index < -0.39 is 6.10 Å². The normalized spacial score (nSPS) is 12.8. The Kier molecular flexibility index (Phi) is 6.12. The van der Waals surface area contributed by atoms with E-state index in [9.17, 15) is 5.11 Å². The van der Waals surface area contributed by atoms with Gasteiger partial charge in [-0.15, -0.1) is 0 Å². The molecule has 0 spiro atoms. The summed E-state index contributed by atoms with van der Waals surface area (Å²) in [6.45, 7) is 6.76. The first-order chi connectivity index (χ1) is 8.52. The smallest absolute Gasteiger partial charge is 0.123 e. The minimum absolute atomic E-state index is 0.105. The third-order valence-electron chi connectivity index (χ3n) is 2.56. The molecule has 102 valence electrons. The Balaban J connectivity index is 2.69. The van der Waals surface area contributed by atoms with E-state index >= 15 is 0 Å². The third kappa shape index (κ3) is 5.04. The van der Waals surface area contributed by atoms with Crippen molar-refractivity contribution < 1.29 is 14.9 Å². The van der Waals surface area contributed by atoms with E-state index in [0.29, 0.717) is 6.04 Å². The summed E-state index contributed by atoms with van der Waals surface area (Å²) in [6.07, 6.45) is -0.836. The summed E-state index contributed by atoms with van der Waals surface area (Å²) in [7, 11) is 0. The van der Waals surface area contributed by atoms with E-state index in [2.05, 4.69) is 25.2 Å². The highest BCUT2D eigenvalue weighted by Crippen LogP contribution is 2.20. The predicted octanol–water partition coefficient (Wildman–Crippen LogP) is 1.23. The van der Waals surface area contributed by atoms with Crippen LogP contribution >= 0.6 is 0 Å². The van der Waals surface area contributed by atoms with Crippen molar-refractivity contribution in [2.75, 3.05) is 13.2 Å². The Hall–Kier alpha value is -1.10. The van der Waals surface area contributed by atoms with E-state index in [4.69, 9.17) is 9.84 Å². The molecular weight excluding hydrogens is 230 g/mol. The minimum Gasteiger partial charge on any atom is -0.490 e. The molecule has 0 bridgehead atoms. The van der Waals surface area contributed by atoms with E-state index in [1.165, 1.54) is 5.56 Å². The van der Waals surface area contributed by atoms with E-state index in [0.717, 1.165) is 17.9 Å². The highest BCUT2D eigenvalue weighted by atomic mass is 16.5. The molecule has 1 atom stereocenters. The quantitative estimate of drug-likeness (QED) is 0.684. The number of nitrogens with one attached hydrogen (secondary N) is 1. The summed E-state index contributed by atoms with van der Waals surface area (Å²) in [5.41, 5.74) is 2.24. The molecule has 1 unspecified atom stereocenters. The number of aryl methyl sites for hydroxylation is 1. The van der Waals surface area contributed by atoms with Crippen molar-refractivity contribution in [2.24, 2.45) is 0 Å². The Morgan fingerprint density at radius 3 is 2.67 bits per heavy atom. The molecule has 0 saturated carbocycles. The van der Waals surface area contributed by atoms with E-state index in [-0.39, 0.29) is 13.2 Å². The molecular formula is C14H23NO3. The highest BCUT2D eigenvalue weighted by molar-refractivity contribution is 5.36. The van der Waals surface area contributed by atoms with Crippen LogP contribution in [-0.4, -0.2) is 35.6 Å². The molecule has 1 aromatic carbocycles. The van der Waals surface area contributed by atoms with Crippen LogP contribution in [0.5, 0.6) is 5.75 Å². The second-order valence-corrected chi connectivity index (χ2v) is 4.79. The van der Waals surface area contributed by atoms with Crippen LogP contribution < -0.4 is 10.1 Å². The number of rotatable bonds is 7. The molecule has 4 nitrogen and oxygen atoms in total. The molecule has 18 heavy (non-hydrogen) atoms. The van der Waals surface area contributed by atoms with Crippen LogP contribution in [0.4, 0.5) is 0 Å². The molecule has 0 amide bonds. The topological polar surface area (TPSA) is 61.7 Å². The predicted molar refractivity (Wildman–Crippen MR) is 71.7 cm³/mol. The first-order valence-electron chi connectivity index (χ1n) is 6.27. The van der Waals surface area contributed by atoms with Gasteiger partial charge in [-0.1, -0.05) is 31.5 Å². The van der Waals surface area contributed by atoms with Crippen LogP contribution in [0.25, 0.3) is 0 Å². The second-order valence-electron chi connectivity index (χ2n) is 4.79. The summed E-state index contributed by atoms with van der Waals surface area (Å²) in [5.74, 6) is 0.751. The molecule has 0 aliphatic heterocycles. The maximum atomic E-state index is 9.29. The van der Waals surface area contributed by atoms with Gasteiger partial charge >= 0.3 is 0 Å². The van der Waals surface area contributed by atoms with Crippen LogP contribution in [-0.2, 0) is 6.54 Å². The zero-order valence-corrected chi connectivity index (χ0v) is 11.3. The van der Waals surface area contributed by atoms with Gasteiger partial charge in [0.25, 0.3) is 0 Å². The van der Waals surface area contributed by atoms with Crippen LogP contribution in [0, 0.1) is 6.92 Å². The average molecular weight is 253 g/mol. The highest BCUT2D eigenvalue weighted by Gasteiger charge is 2.08. The molecule has 0 aromatic heterocycles. The van der Waals surface area contributed by atoms with E-state index in [1.54, 1.807) is 0 Å². The fourth-order valence-electron chi connectivity index (χ4n) is 1.54. The van der Waals surface area contributed by atoms with Crippen molar-refractivity contribution in [3.63, 3.8) is 0 Å². The van der Waals surface area contributed by atoms with Crippen molar-refractivity contribution in [2.45, 2.75) is 39.5 Å². The fraction of sp³-hybridized carbons (Fsp3) is 0.571. The lowest BCUT2D eigenvalue weighted by molar-refractivity contribution is 0.0532. The van der Waals surface area contributed by atoms with Gasteiger partial charge in [-0.25, -0.2) is 0 Å². The first-order valence-corrected chi connectivity index (χ1v) is 6.27. The van der Waals surface area contributed by atoms with Crippen molar-refractivity contribution in [3.8, 4) is 5.75 Å². The first kappa shape index (κ1) is 15.0. The van der Waals surface area contributed by atoms with Gasteiger partial charge < -0.3 is 20.3 Å². The third-order valence-corrected chi connectivity index (χ3v) is 2.56. The van der Waals surface area contributed by atoms with Crippen molar-refractivity contribution in [1.82, 2.24) is 5.32 Å². The van der Waals surface area contributed by atoms with Crippen molar-refractivity contribution in [1.29, 1.82) is 0 Å². The molecule has 1 aromatic rings. The Labute approximate surface area is 109 Å². The molecule has 0 heterocycles. The van der Waals surface area contributed by atoms with Gasteiger partial charge in [0.05, 0.1) is 6.61 Å². The van der Waals surface area contributed by atoms with Gasteiger partial charge in [0, 0.05) is 18.2 Å². The molecule has 0 radical (unpaired) electrons. The van der Waals surface area contributed by atoms with Crippen molar-refractivity contribution >= 4 is 0 Å². The summed E-state index contributed by atoms with van der Waals surface area (Å²) in [5, 5.41) is 21.4. The lowest BCUT2D eigenvalue weighted by Gasteiger charge is -2.16. The summed E-state index contributed by atoms with van der Waals surface area (Å²) >= 11 is 0. The molecule has 0 saturated heterocycles. The number of aliphatic hydroxyl groups is 2. The fourth-order valence-corrected chi connectivity index (χ4v) is 1.54. The standard InChI is InChI=1S/C14H23NO3/c1-10(2)15-7-12-6-11(3)4-5-14(12)18-9-13(17)8-16/h4-6,10,13,15-17H,7-9H2,1-3H3. The summed E-state index contributed by atoms with van der Waals surface area (Å²) in [4.78, 5) is 0. The second kappa shape index (κ2) is 7.36. The molecule has 4 heteroatoms. The van der Waals surface area contributed by atoms with Gasteiger partial charge in [0.2, 0.25) is 0 Å². The number of ether oxygens (including phenoxy) is 1.